The smallest absolute Gasteiger partial charge is 0.261 e. The van der Waals surface area contributed by atoms with Crippen LogP contribution < -0.4 is 15.6 Å². The highest BCUT2D eigenvalue weighted by molar-refractivity contribution is 5.78. The van der Waals surface area contributed by atoms with E-state index in [0.717, 1.165) is 0 Å². The quantitative estimate of drug-likeness (QED) is 0.774. The summed E-state index contributed by atoms with van der Waals surface area (Å²) in [5.41, 5.74) is 0.482. The molecule has 0 unspecified atom stereocenters. The lowest BCUT2D eigenvalue weighted by Crippen LogP contribution is -2.32. The van der Waals surface area contributed by atoms with Gasteiger partial charge in [0.1, 0.15) is 11.6 Å². The molecule has 2 aromatic carbocycles. The van der Waals surface area contributed by atoms with E-state index in [9.17, 15) is 9.59 Å². The molecule has 3 aromatic rings. The highest BCUT2D eigenvalue weighted by Gasteiger charge is 2.09. The molecule has 0 aliphatic rings. The van der Waals surface area contributed by atoms with Crippen molar-refractivity contribution in [3.8, 4) is 5.75 Å². The minimum atomic E-state index is -0.277. The lowest BCUT2D eigenvalue weighted by atomic mass is 10.2. The number of carbonyl (C=O) groups excluding carboxylic acids is 1. The topological polar surface area (TPSA) is 73.2 Å². The first-order valence-corrected chi connectivity index (χ1v) is 7.54. The number of nitrogens with one attached hydrogen (secondary N) is 1. The average molecular weight is 323 g/mol. The van der Waals surface area contributed by atoms with Crippen molar-refractivity contribution in [2.45, 2.75) is 6.54 Å². The summed E-state index contributed by atoms with van der Waals surface area (Å²) in [6.45, 7) is 0.0685. The molecule has 3 rings (SSSR count). The normalized spacial score (nSPS) is 10.5. The van der Waals surface area contributed by atoms with Gasteiger partial charge in [0.15, 0.2) is 6.61 Å². The number of aromatic nitrogens is 2. The van der Waals surface area contributed by atoms with Crippen molar-refractivity contribution in [3.05, 3.63) is 70.8 Å². The van der Waals surface area contributed by atoms with Gasteiger partial charge in [-0.1, -0.05) is 30.3 Å². The van der Waals surface area contributed by atoms with Crippen molar-refractivity contribution in [1.82, 2.24) is 14.9 Å². The molecule has 1 aromatic heterocycles. The van der Waals surface area contributed by atoms with E-state index in [2.05, 4.69) is 10.3 Å². The van der Waals surface area contributed by atoms with E-state index >= 15 is 0 Å². The zero-order valence-electron chi connectivity index (χ0n) is 13.2. The van der Waals surface area contributed by atoms with Crippen LogP contribution in [-0.2, 0) is 18.4 Å². The lowest BCUT2D eigenvalue weighted by molar-refractivity contribution is -0.123. The first-order chi connectivity index (χ1) is 11.6. The molecule has 1 heterocycles. The van der Waals surface area contributed by atoms with E-state index in [-0.39, 0.29) is 24.6 Å². The molecule has 24 heavy (non-hydrogen) atoms. The van der Waals surface area contributed by atoms with Gasteiger partial charge in [-0.25, -0.2) is 4.98 Å². The first kappa shape index (κ1) is 15.7. The van der Waals surface area contributed by atoms with Gasteiger partial charge >= 0.3 is 0 Å². The van der Waals surface area contributed by atoms with Gasteiger partial charge in [0.05, 0.1) is 17.4 Å². The lowest BCUT2D eigenvalue weighted by Gasteiger charge is -2.11. The van der Waals surface area contributed by atoms with E-state index in [1.807, 2.05) is 24.3 Å². The zero-order valence-corrected chi connectivity index (χ0v) is 13.2. The third kappa shape index (κ3) is 3.43. The molecule has 0 radical (unpaired) electrons. The number of hydrogen-bond donors (Lipinski definition) is 1. The van der Waals surface area contributed by atoms with Crippen LogP contribution in [0.3, 0.4) is 0 Å². The Labute approximate surface area is 138 Å². The molecular formula is C18H17N3O3. The van der Waals surface area contributed by atoms with Gasteiger partial charge in [-0.2, -0.15) is 0 Å². The average Bonchev–Trinajstić information content (AvgIpc) is 2.62. The number of amides is 1. The van der Waals surface area contributed by atoms with Crippen LogP contribution in [0.2, 0.25) is 0 Å². The molecule has 1 amide bonds. The second-order valence-electron chi connectivity index (χ2n) is 5.29. The minimum absolute atomic E-state index is 0.0917. The Balaban J connectivity index is 1.66. The SMILES string of the molecule is Cn1c(CNC(=O)COc2ccccc2)nc2ccccc2c1=O. The van der Waals surface area contributed by atoms with Crippen molar-refractivity contribution in [1.29, 1.82) is 0 Å². The highest BCUT2D eigenvalue weighted by Crippen LogP contribution is 2.08. The summed E-state index contributed by atoms with van der Waals surface area (Å²) < 4.78 is 6.82. The van der Waals surface area contributed by atoms with Crippen LogP contribution in [0.1, 0.15) is 5.82 Å². The number of rotatable bonds is 5. The fourth-order valence-electron chi connectivity index (χ4n) is 2.32. The van der Waals surface area contributed by atoms with Crippen molar-refractivity contribution in [2.24, 2.45) is 7.05 Å². The van der Waals surface area contributed by atoms with Crippen LogP contribution in [0.25, 0.3) is 10.9 Å². The summed E-state index contributed by atoms with van der Waals surface area (Å²) in [5.74, 6) is 0.844. The molecule has 0 aliphatic carbocycles. The van der Waals surface area contributed by atoms with E-state index in [1.54, 1.807) is 37.4 Å². The number of fused-ring (bicyclic) bond motifs is 1. The van der Waals surface area contributed by atoms with E-state index in [0.29, 0.717) is 22.5 Å². The summed E-state index contributed by atoms with van der Waals surface area (Å²) in [4.78, 5) is 28.6. The molecule has 0 saturated carbocycles. The first-order valence-electron chi connectivity index (χ1n) is 7.54. The van der Waals surface area contributed by atoms with Crippen molar-refractivity contribution < 1.29 is 9.53 Å². The molecule has 0 bridgehead atoms. The molecule has 0 spiro atoms. The number of carbonyl (C=O) groups is 1. The Morgan fingerprint density at radius 1 is 1.12 bits per heavy atom. The molecule has 0 fully saturated rings. The van der Waals surface area contributed by atoms with Crippen molar-refractivity contribution in [3.63, 3.8) is 0 Å². The molecule has 6 heteroatoms. The molecule has 0 saturated heterocycles. The molecule has 0 aliphatic heterocycles. The van der Waals surface area contributed by atoms with Crippen LogP contribution in [-0.4, -0.2) is 22.1 Å². The number of hydrogen-bond acceptors (Lipinski definition) is 4. The van der Waals surface area contributed by atoms with Crippen LogP contribution in [0.4, 0.5) is 0 Å². The number of nitrogens with zero attached hydrogens (tertiary/aromatic N) is 2. The predicted octanol–water partition coefficient (Wildman–Crippen LogP) is 1.63. The van der Waals surface area contributed by atoms with Gasteiger partial charge in [0.2, 0.25) is 0 Å². The molecule has 122 valence electrons. The van der Waals surface area contributed by atoms with Crippen LogP contribution >= 0.6 is 0 Å². The monoisotopic (exact) mass is 323 g/mol. The highest BCUT2D eigenvalue weighted by atomic mass is 16.5. The van der Waals surface area contributed by atoms with E-state index < -0.39 is 0 Å². The van der Waals surface area contributed by atoms with Crippen LogP contribution in [0.15, 0.2) is 59.4 Å². The van der Waals surface area contributed by atoms with Gasteiger partial charge in [-0.05, 0) is 24.3 Å². The third-order valence-corrected chi connectivity index (χ3v) is 3.63. The second kappa shape index (κ2) is 6.95. The van der Waals surface area contributed by atoms with E-state index in [1.165, 1.54) is 4.57 Å². The van der Waals surface area contributed by atoms with Crippen molar-refractivity contribution in [2.75, 3.05) is 6.61 Å². The maximum atomic E-state index is 12.3. The van der Waals surface area contributed by atoms with Crippen molar-refractivity contribution >= 4 is 16.8 Å². The summed E-state index contributed by atoms with van der Waals surface area (Å²) >= 11 is 0. The van der Waals surface area contributed by atoms with Gasteiger partial charge in [0, 0.05) is 7.05 Å². The van der Waals surface area contributed by atoms with Crippen LogP contribution in [0.5, 0.6) is 5.75 Å². The Hall–Kier alpha value is -3.15. The summed E-state index contributed by atoms with van der Waals surface area (Å²) in [5, 5.41) is 3.27. The van der Waals surface area contributed by atoms with Gasteiger partial charge in [-0.3, -0.25) is 14.2 Å². The number of ether oxygens (including phenoxy) is 1. The zero-order chi connectivity index (χ0) is 16.9. The van der Waals surface area contributed by atoms with Crippen LogP contribution in [0, 0.1) is 0 Å². The fourth-order valence-corrected chi connectivity index (χ4v) is 2.32. The molecule has 0 atom stereocenters. The molecule has 1 N–H and O–H groups in total. The maximum absolute atomic E-state index is 12.3. The van der Waals surface area contributed by atoms with Gasteiger partial charge in [0.25, 0.3) is 11.5 Å². The standard InChI is InChI=1S/C18H17N3O3/c1-21-16(20-15-10-6-5-9-14(15)18(21)23)11-19-17(22)12-24-13-7-3-2-4-8-13/h2-10H,11-12H2,1H3,(H,19,22). The number of benzene rings is 2. The maximum Gasteiger partial charge on any atom is 0.261 e. The third-order valence-electron chi connectivity index (χ3n) is 3.63. The summed E-state index contributed by atoms with van der Waals surface area (Å²) in [7, 11) is 1.64. The summed E-state index contributed by atoms with van der Waals surface area (Å²) in [6.07, 6.45) is 0. The number of para-hydroxylation sites is 2. The van der Waals surface area contributed by atoms with Gasteiger partial charge in [-0.15, -0.1) is 0 Å². The Kier molecular flexibility index (Phi) is 4.56. The summed E-state index contributed by atoms with van der Waals surface area (Å²) in [6, 6.07) is 16.2. The fraction of sp³-hybridized carbons (Fsp3) is 0.167. The largest absolute Gasteiger partial charge is 0.484 e. The van der Waals surface area contributed by atoms with E-state index in [4.69, 9.17) is 4.74 Å². The second-order valence-corrected chi connectivity index (χ2v) is 5.29. The Bertz CT molecular complexity index is 920. The predicted molar refractivity (Wildman–Crippen MR) is 90.8 cm³/mol. The minimum Gasteiger partial charge on any atom is -0.484 e. The molecule has 6 nitrogen and oxygen atoms in total. The van der Waals surface area contributed by atoms with Gasteiger partial charge < -0.3 is 10.1 Å². The Morgan fingerprint density at radius 2 is 1.83 bits per heavy atom. The Morgan fingerprint density at radius 3 is 2.62 bits per heavy atom. The molecular weight excluding hydrogens is 306 g/mol.